The Hall–Kier alpha value is -2.89. The minimum absolute atomic E-state index is 0.00919. The van der Waals surface area contributed by atoms with Crippen LogP contribution in [0, 0.1) is 10.1 Å². The maximum absolute atomic E-state index is 12.1. The van der Waals surface area contributed by atoms with Crippen LogP contribution in [0.5, 0.6) is 5.75 Å². The molecule has 1 unspecified atom stereocenters. The van der Waals surface area contributed by atoms with E-state index in [-0.39, 0.29) is 29.7 Å². The van der Waals surface area contributed by atoms with E-state index in [9.17, 15) is 20.0 Å². The third-order valence-corrected chi connectivity index (χ3v) is 3.55. The fraction of sp³-hybridized carbons (Fsp3) is 0.133. The van der Waals surface area contributed by atoms with Gasteiger partial charge in [0.2, 0.25) is 0 Å². The normalized spacial score (nSPS) is 17.0. The Morgan fingerprint density at radius 1 is 1.24 bits per heavy atom. The van der Waals surface area contributed by atoms with E-state index in [0.29, 0.717) is 11.1 Å². The molecular formula is C15H12N2O4. The number of nitrogens with one attached hydrogen (secondary N) is 1. The molecule has 2 aromatic carbocycles. The van der Waals surface area contributed by atoms with Crippen molar-refractivity contribution in [2.24, 2.45) is 0 Å². The van der Waals surface area contributed by atoms with Gasteiger partial charge in [0.15, 0.2) is 11.5 Å². The summed E-state index contributed by atoms with van der Waals surface area (Å²) in [5, 5.41) is 23.6. The fourth-order valence-corrected chi connectivity index (χ4v) is 2.49. The first kappa shape index (κ1) is 13.1. The number of nitrogens with zero attached hydrogens (tertiary/aromatic N) is 1. The first-order valence-electron chi connectivity index (χ1n) is 6.42. The number of Topliss-reactive ketones (excluding diaryl/α,β-unsaturated/α-hetero) is 1. The lowest BCUT2D eigenvalue weighted by atomic mass is 9.92. The topological polar surface area (TPSA) is 92.5 Å². The van der Waals surface area contributed by atoms with Crippen LogP contribution < -0.4 is 5.32 Å². The lowest BCUT2D eigenvalue weighted by Crippen LogP contribution is -2.22. The first-order valence-corrected chi connectivity index (χ1v) is 6.42. The van der Waals surface area contributed by atoms with Gasteiger partial charge in [-0.1, -0.05) is 18.2 Å². The van der Waals surface area contributed by atoms with Gasteiger partial charge in [0.25, 0.3) is 0 Å². The Balaban J connectivity index is 1.98. The summed E-state index contributed by atoms with van der Waals surface area (Å²) in [6, 6.07) is 11.0. The molecule has 6 nitrogen and oxygen atoms in total. The second-order valence-electron chi connectivity index (χ2n) is 4.88. The van der Waals surface area contributed by atoms with E-state index in [4.69, 9.17) is 0 Å². The van der Waals surface area contributed by atoms with Crippen LogP contribution in [0.15, 0.2) is 42.5 Å². The van der Waals surface area contributed by atoms with Gasteiger partial charge in [-0.25, -0.2) is 0 Å². The standard InChI is InChI=1S/C15H12N2O4/c18-14-6-5-9(7-13(14)17(20)21)12-8-15(19)10-3-1-2-4-11(10)16-12/h1-7,12,16,18H,8H2. The monoisotopic (exact) mass is 284 g/mol. The van der Waals surface area contributed by atoms with Gasteiger partial charge < -0.3 is 10.4 Å². The Labute approximate surface area is 120 Å². The number of phenolic OH excluding ortho intramolecular Hbond substituents is 1. The van der Waals surface area contributed by atoms with Crippen molar-refractivity contribution in [2.75, 3.05) is 5.32 Å². The number of para-hydroxylation sites is 1. The number of fused-ring (bicyclic) bond motifs is 1. The average Bonchev–Trinajstić information content (AvgIpc) is 2.47. The summed E-state index contributed by atoms with van der Waals surface area (Å²) in [6.07, 6.45) is 0.221. The van der Waals surface area contributed by atoms with Crippen molar-refractivity contribution in [1.82, 2.24) is 0 Å². The van der Waals surface area contributed by atoms with Gasteiger partial charge in [-0.05, 0) is 23.8 Å². The molecule has 1 aliphatic heterocycles. The first-order chi connectivity index (χ1) is 10.1. The molecule has 1 aliphatic rings. The molecule has 21 heavy (non-hydrogen) atoms. The number of benzene rings is 2. The molecule has 3 rings (SSSR count). The molecule has 0 radical (unpaired) electrons. The molecule has 1 atom stereocenters. The molecule has 0 bridgehead atoms. The predicted molar refractivity (Wildman–Crippen MR) is 76.5 cm³/mol. The van der Waals surface area contributed by atoms with Crippen LogP contribution >= 0.6 is 0 Å². The number of phenols is 1. The highest BCUT2D eigenvalue weighted by atomic mass is 16.6. The number of nitro benzene ring substituents is 1. The zero-order valence-corrected chi connectivity index (χ0v) is 10.9. The van der Waals surface area contributed by atoms with Crippen molar-refractivity contribution in [1.29, 1.82) is 0 Å². The molecule has 0 aliphatic carbocycles. The van der Waals surface area contributed by atoms with Crippen molar-refractivity contribution >= 4 is 17.2 Å². The van der Waals surface area contributed by atoms with Crippen molar-refractivity contribution in [3.05, 3.63) is 63.7 Å². The molecule has 1 heterocycles. The Morgan fingerprint density at radius 3 is 2.76 bits per heavy atom. The summed E-state index contributed by atoms with van der Waals surface area (Å²) in [4.78, 5) is 22.4. The zero-order valence-electron chi connectivity index (χ0n) is 10.9. The fourth-order valence-electron chi connectivity index (χ4n) is 2.49. The van der Waals surface area contributed by atoms with Crippen molar-refractivity contribution in [3.63, 3.8) is 0 Å². The summed E-state index contributed by atoms with van der Waals surface area (Å²) in [5.74, 6) is -0.392. The van der Waals surface area contributed by atoms with Crippen LogP contribution in [0.25, 0.3) is 0 Å². The van der Waals surface area contributed by atoms with E-state index in [1.54, 1.807) is 24.3 Å². The highest BCUT2D eigenvalue weighted by molar-refractivity contribution is 6.03. The number of ketones is 1. The summed E-state index contributed by atoms with van der Waals surface area (Å²) in [7, 11) is 0. The van der Waals surface area contributed by atoms with Gasteiger partial charge in [0, 0.05) is 23.7 Å². The zero-order chi connectivity index (χ0) is 15.0. The molecule has 0 aromatic heterocycles. The van der Waals surface area contributed by atoms with Crippen LogP contribution in [0.2, 0.25) is 0 Å². The number of rotatable bonds is 2. The molecule has 2 N–H and O–H groups in total. The van der Waals surface area contributed by atoms with Crippen molar-refractivity contribution in [3.8, 4) is 5.75 Å². The molecule has 106 valence electrons. The number of nitro groups is 1. The van der Waals surface area contributed by atoms with Crippen LogP contribution in [0.3, 0.4) is 0 Å². The number of hydrogen-bond donors (Lipinski definition) is 2. The van der Waals surface area contributed by atoms with E-state index in [2.05, 4.69) is 5.32 Å². The van der Waals surface area contributed by atoms with Gasteiger partial charge in [-0.3, -0.25) is 14.9 Å². The predicted octanol–water partition coefficient (Wildman–Crippen LogP) is 3.04. The Bertz CT molecular complexity index is 742. The van der Waals surface area contributed by atoms with Gasteiger partial charge in [0.1, 0.15) is 0 Å². The van der Waals surface area contributed by atoms with Crippen LogP contribution in [0.4, 0.5) is 11.4 Å². The van der Waals surface area contributed by atoms with Crippen molar-refractivity contribution < 1.29 is 14.8 Å². The Morgan fingerprint density at radius 2 is 2.00 bits per heavy atom. The SMILES string of the molecule is O=C1CC(c2ccc(O)c([N+](=O)[O-])c2)Nc2ccccc21. The van der Waals surface area contributed by atoms with Crippen molar-refractivity contribution in [2.45, 2.75) is 12.5 Å². The largest absolute Gasteiger partial charge is 0.502 e. The minimum Gasteiger partial charge on any atom is -0.502 e. The molecule has 2 aromatic rings. The Kier molecular flexibility index (Phi) is 3.06. The second kappa shape index (κ2) is 4.90. The molecule has 0 saturated heterocycles. The van der Waals surface area contributed by atoms with Crippen LogP contribution in [-0.2, 0) is 0 Å². The van der Waals surface area contributed by atoms with Gasteiger partial charge in [-0.2, -0.15) is 0 Å². The van der Waals surface area contributed by atoms with Gasteiger partial charge >= 0.3 is 5.69 Å². The summed E-state index contributed by atoms with van der Waals surface area (Å²) >= 11 is 0. The van der Waals surface area contributed by atoms with Crippen LogP contribution in [0.1, 0.15) is 28.4 Å². The van der Waals surface area contributed by atoms with E-state index in [1.165, 1.54) is 12.1 Å². The molecule has 0 fully saturated rings. The summed E-state index contributed by atoms with van der Waals surface area (Å²) in [6.45, 7) is 0. The molecule has 0 spiro atoms. The number of carbonyl (C=O) groups is 1. The highest BCUT2D eigenvalue weighted by Crippen LogP contribution is 2.35. The average molecular weight is 284 g/mol. The number of aromatic hydroxyl groups is 1. The number of anilines is 1. The minimum atomic E-state index is -0.641. The third kappa shape index (κ3) is 2.31. The molecule has 0 saturated carbocycles. The smallest absolute Gasteiger partial charge is 0.311 e. The van der Waals surface area contributed by atoms with Gasteiger partial charge in [0.05, 0.1) is 11.0 Å². The molecule has 6 heteroatoms. The maximum atomic E-state index is 12.1. The number of carbonyl (C=O) groups excluding carboxylic acids is 1. The second-order valence-corrected chi connectivity index (χ2v) is 4.88. The summed E-state index contributed by atoms with van der Waals surface area (Å²) < 4.78 is 0. The van der Waals surface area contributed by atoms with Gasteiger partial charge in [-0.15, -0.1) is 0 Å². The molecular weight excluding hydrogens is 272 g/mol. The lowest BCUT2D eigenvalue weighted by Gasteiger charge is -2.26. The lowest BCUT2D eigenvalue weighted by molar-refractivity contribution is -0.385. The quantitative estimate of drug-likeness (QED) is 0.653. The maximum Gasteiger partial charge on any atom is 0.311 e. The molecule has 0 amide bonds. The van der Waals surface area contributed by atoms with E-state index in [1.807, 2.05) is 6.07 Å². The third-order valence-electron chi connectivity index (χ3n) is 3.55. The van der Waals surface area contributed by atoms with Crippen LogP contribution in [-0.4, -0.2) is 15.8 Å². The highest BCUT2D eigenvalue weighted by Gasteiger charge is 2.27. The summed E-state index contributed by atoms with van der Waals surface area (Å²) in [5.41, 5.74) is 1.58. The van der Waals surface area contributed by atoms with E-state index < -0.39 is 4.92 Å². The van der Waals surface area contributed by atoms with E-state index in [0.717, 1.165) is 5.69 Å². The number of hydrogen-bond acceptors (Lipinski definition) is 5. The van der Waals surface area contributed by atoms with E-state index >= 15 is 0 Å².